The van der Waals surface area contributed by atoms with Crippen LogP contribution < -0.4 is 10.2 Å². The first-order valence-corrected chi connectivity index (χ1v) is 14.4. The number of aryl methyl sites for hydroxylation is 1. The molecule has 2 aromatic heterocycles. The van der Waals surface area contributed by atoms with Gasteiger partial charge < -0.3 is 20.2 Å². The van der Waals surface area contributed by atoms with Crippen molar-refractivity contribution in [2.24, 2.45) is 5.92 Å². The lowest BCUT2D eigenvalue weighted by Gasteiger charge is -2.47. The molecule has 4 rings (SSSR count). The van der Waals surface area contributed by atoms with Crippen LogP contribution in [0.1, 0.15) is 97.1 Å². The van der Waals surface area contributed by atoms with Crippen LogP contribution in [-0.2, 0) is 0 Å². The van der Waals surface area contributed by atoms with Crippen molar-refractivity contribution in [2.75, 3.05) is 36.4 Å². The second-order valence-electron chi connectivity index (χ2n) is 11.6. The standard InChI is InChI=1S/C29H40BrN5O3/c1-17(2)25-21(31-15-20-9-7-8-10-20)11-12-22(33-25)27(36)35-14-13-34(16-29(35,5)6)26-24(30)18(3)23(28(37)38)19(4)32-26/h11-12,17,20,31H,7-10,13-16H2,1-6H3,(H,37,38). The predicted molar refractivity (Wildman–Crippen MR) is 154 cm³/mol. The van der Waals surface area contributed by atoms with E-state index in [-0.39, 0.29) is 17.4 Å². The molecular weight excluding hydrogens is 546 g/mol. The van der Waals surface area contributed by atoms with E-state index in [2.05, 4.69) is 58.8 Å². The minimum Gasteiger partial charge on any atom is -0.478 e. The lowest BCUT2D eigenvalue weighted by molar-refractivity contribution is 0.0506. The van der Waals surface area contributed by atoms with Crippen LogP contribution in [0, 0.1) is 19.8 Å². The minimum absolute atomic E-state index is 0.0699. The molecule has 1 amide bonds. The number of piperazine rings is 1. The molecule has 2 aliphatic rings. The Morgan fingerprint density at radius 3 is 2.45 bits per heavy atom. The van der Waals surface area contributed by atoms with E-state index in [9.17, 15) is 14.7 Å². The molecule has 0 spiro atoms. The molecule has 8 nitrogen and oxygen atoms in total. The zero-order valence-corrected chi connectivity index (χ0v) is 25.0. The van der Waals surface area contributed by atoms with Crippen molar-refractivity contribution in [1.82, 2.24) is 14.9 Å². The summed E-state index contributed by atoms with van der Waals surface area (Å²) < 4.78 is 0.681. The summed E-state index contributed by atoms with van der Waals surface area (Å²) in [5, 5.41) is 13.2. The zero-order chi connectivity index (χ0) is 27.8. The van der Waals surface area contributed by atoms with Crippen LogP contribution in [0.3, 0.4) is 0 Å². The Hall–Kier alpha value is -2.68. The van der Waals surface area contributed by atoms with Crippen molar-refractivity contribution in [3.63, 3.8) is 0 Å². The number of carboxylic acid groups (broad SMARTS) is 1. The van der Waals surface area contributed by atoms with Crippen molar-refractivity contribution in [1.29, 1.82) is 0 Å². The van der Waals surface area contributed by atoms with Gasteiger partial charge in [0.15, 0.2) is 0 Å². The van der Waals surface area contributed by atoms with Gasteiger partial charge in [-0.3, -0.25) is 4.79 Å². The van der Waals surface area contributed by atoms with Gasteiger partial charge in [0.2, 0.25) is 0 Å². The number of carbonyl (C=O) groups excluding carboxylic acids is 1. The molecule has 0 atom stereocenters. The maximum absolute atomic E-state index is 13.7. The number of carbonyl (C=O) groups is 2. The summed E-state index contributed by atoms with van der Waals surface area (Å²) in [5.74, 6) is 0.573. The zero-order valence-electron chi connectivity index (χ0n) is 23.4. The first-order valence-electron chi connectivity index (χ1n) is 13.6. The van der Waals surface area contributed by atoms with Gasteiger partial charge in [-0.1, -0.05) is 26.7 Å². The lowest BCUT2D eigenvalue weighted by atomic mass is 9.97. The summed E-state index contributed by atoms with van der Waals surface area (Å²) in [6.45, 7) is 14.5. The maximum Gasteiger partial charge on any atom is 0.337 e. The van der Waals surface area contributed by atoms with Crippen LogP contribution in [0.4, 0.5) is 11.5 Å². The molecule has 9 heteroatoms. The Morgan fingerprint density at radius 2 is 1.84 bits per heavy atom. The Balaban J connectivity index is 1.53. The molecular formula is C29H40BrN5O3. The summed E-state index contributed by atoms with van der Waals surface area (Å²) in [5.41, 5.74) is 3.31. The van der Waals surface area contributed by atoms with Crippen LogP contribution in [0.15, 0.2) is 16.6 Å². The Bertz CT molecular complexity index is 1220. The van der Waals surface area contributed by atoms with Crippen LogP contribution >= 0.6 is 15.9 Å². The molecule has 2 N–H and O–H groups in total. The number of hydrogen-bond acceptors (Lipinski definition) is 6. The molecule has 0 aromatic carbocycles. The molecule has 1 aliphatic heterocycles. The monoisotopic (exact) mass is 585 g/mol. The number of pyridine rings is 2. The van der Waals surface area contributed by atoms with Gasteiger partial charge in [0, 0.05) is 26.2 Å². The number of hydrogen-bond donors (Lipinski definition) is 2. The fourth-order valence-corrected chi connectivity index (χ4v) is 6.38. The van der Waals surface area contributed by atoms with Gasteiger partial charge >= 0.3 is 5.97 Å². The highest BCUT2D eigenvalue weighted by atomic mass is 79.9. The van der Waals surface area contributed by atoms with Crippen molar-refractivity contribution >= 4 is 39.3 Å². The molecule has 1 aliphatic carbocycles. The molecule has 2 aromatic rings. The fourth-order valence-electron chi connectivity index (χ4n) is 5.84. The predicted octanol–water partition coefficient (Wildman–Crippen LogP) is 6.02. The van der Waals surface area contributed by atoms with Gasteiger partial charge in [-0.05, 0) is 86.0 Å². The highest BCUT2D eigenvalue weighted by molar-refractivity contribution is 9.10. The molecule has 0 bridgehead atoms. The van der Waals surface area contributed by atoms with E-state index in [1.165, 1.54) is 25.7 Å². The third-order valence-electron chi connectivity index (χ3n) is 7.94. The van der Waals surface area contributed by atoms with E-state index in [0.717, 1.165) is 23.8 Å². The van der Waals surface area contributed by atoms with E-state index in [1.807, 2.05) is 17.0 Å². The number of halogens is 1. The molecule has 38 heavy (non-hydrogen) atoms. The Kier molecular flexibility index (Phi) is 8.35. The van der Waals surface area contributed by atoms with E-state index < -0.39 is 11.5 Å². The second kappa shape index (κ2) is 11.2. The quantitative estimate of drug-likeness (QED) is 0.410. The van der Waals surface area contributed by atoms with Gasteiger partial charge in [-0.2, -0.15) is 0 Å². The smallest absolute Gasteiger partial charge is 0.337 e. The SMILES string of the molecule is Cc1nc(N2CCN(C(=O)c3ccc(NCC4CCCC4)c(C(C)C)n3)C(C)(C)C2)c(Br)c(C)c1C(=O)O. The van der Waals surface area contributed by atoms with Crippen LogP contribution in [0.25, 0.3) is 0 Å². The second-order valence-corrected chi connectivity index (χ2v) is 12.4. The number of anilines is 2. The van der Waals surface area contributed by atoms with Crippen molar-refractivity contribution in [3.8, 4) is 0 Å². The third kappa shape index (κ3) is 5.67. The summed E-state index contributed by atoms with van der Waals surface area (Å²) in [4.78, 5) is 39.0. The van der Waals surface area contributed by atoms with Gasteiger partial charge in [0.1, 0.15) is 11.5 Å². The Morgan fingerprint density at radius 1 is 1.16 bits per heavy atom. The number of nitrogens with zero attached hydrogens (tertiary/aromatic N) is 4. The summed E-state index contributed by atoms with van der Waals surface area (Å²) in [6.07, 6.45) is 5.20. The average Bonchev–Trinajstić information content (AvgIpc) is 3.37. The summed E-state index contributed by atoms with van der Waals surface area (Å²) >= 11 is 3.59. The van der Waals surface area contributed by atoms with Gasteiger partial charge in [0.05, 0.1) is 32.7 Å². The first kappa shape index (κ1) is 28.3. The molecule has 0 radical (unpaired) electrons. The largest absolute Gasteiger partial charge is 0.478 e. The van der Waals surface area contributed by atoms with Gasteiger partial charge in [0.25, 0.3) is 5.91 Å². The number of rotatable bonds is 7. The van der Waals surface area contributed by atoms with Crippen LogP contribution in [0.2, 0.25) is 0 Å². The fraction of sp³-hybridized carbons (Fsp3) is 0.586. The van der Waals surface area contributed by atoms with Crippen LogP contribution in [0.5, 0.6) is 0 Å². The van der Waals surface area contributed by atoms with Crippen molar-refractivity contribution in [2.45, 2.75) is 78.7 Å². The highest BCUT2D eigenvalue weighted by Crippen LogP contribution is 2.35. The number of aromatic nitrogens is 2. The first-order chi connectivity index (χ1) is 17.9. The summed E-state index contributed by atoms with van der Waals surface area (Å²) in [6, 6.07) is 3.87. The average molecular weight is 587 g/mol. The van der Waals surface area contributed by atoms with Crippen LogP contribution in [-0.4, -0.2) is 63.6 Å². The maximum atomic E-state index is 13.7. The molecule has 1 saturated carbocycles. The molecule has 206 valence electrons. The Labute approximate surface area is 234 Å². The minimum atomic E-state index is -0.983. The van der Waals surface area contributed by atoms with Gasteiger partial charge in [-0.25, -0.2) is 14.8 Å². The number of nitrogens with one attached hydrogen (secondary N) is 1. The highest BCUT2D eigenvalue weighted by Gasteiger charge is 2.39. The topological polar surface area (TPSA) is 98.7 Å². The number of aromatic carboxylic acids is 1. The van der Waals surface area contributed by atoms with Crippen molar-refractivity contribution < 1.29 is 14.7 Å². The molecule has 0 unspecified atom stereocenters. The number of amides is 1. The molecule has 1 saturated heterocycles. The normalized spacial score (nSPS) is 17.8. The molecule has 2 fully saturated rings. The van der Waals surface area contributed by atoms with E-state index >= 15 is 0 Å². The third-order valence-corrected chi connectivity index (χ3v) is 8.89. The summed E-state index contributed by atoms with van der Waals surface area (Å²) in [7, 11) is 0. The number of carboxylic acids is 1. The molecule has 3 heterocycles. The van der Waals surface area contributed by atoms with E-state index in [0.29, 0.717) is 46.9 Å². The lowest BCUT2D eigenvalue weighted by Crippen LogP contribution is -2.61. The van der Waals surface area contributed by atoms with Gasteiger partial charge in [-0.15, -0.1) is 0 Å². The van der Waals surface area contributed by atoms with Crippen molar-refractivity contribution in [3.05, 3.63) is 44.8 Å². The van der Waals surface area contributed by atoms with E-state index in [4.69, 9.17) is 4.98 Å². The van der Waals surface area contributed by atoms with E-state index in [1.54, 1.807) is 13.8 Å².